The van der Waals surface area contributed by atoms with Gasteiger partial charge in [-0.25, -0.2) is 0 Å². The number of ether oxygens (including phenoxy) is 4. The normalized spacial score (nSPS) is 53.6. The number of ketones is 2. The SMILES string of the molecule is CC(=O)O[C@H]1C[C@@]2(C)C3CCC4C(C)(C)C(=O)C=C[C@@]45C[C@@]35CC[C@]2(C)C1[C@]1(C)CC[C@H](C(C)(C)OC(C)=O)O1.CC1(C)C(=O)C=C[C@]23C[C@]24CC[C@]2(C)C([C@]5(C)CC[C@H](C(C)(C)O)O5)[C@@H](O)C[C@@]2(C)C4CCC13. The number of hydrogen-bond acceptors (Lipinski definition) is 10. The first kappa shape index (κ1) is 53.6. The summed E-state index contributed by atoms with van der Waals surface area (Å²) in [5.41, 5.74) is -2.25. The fraction of sp³-hybridized carbons (Fsp3) is 0.875. The van der Waals surface area contributed by atoms with Gasteiger partial charge in [-0.15, -0.1) is 0 Å². The Morgan fingerprint density at radius 3 is 1.46 bits per heavy atom. The van der Waals surface area contributed by atoms with Crippen molar-refractivity contribution >= 4 is 23.5 Å². The fourth-order valence-corrected chi connectivity index (χ4v) is 23.4. The lowest BCUT2D eigenvalue weighted by Gasteiger charge is -2.62. The molecule has 8 saturated carbocycles. The standard InChI is InChI=1S/C34H50O6.C30H46O4/c1-20(35)38-22-18-31(8)24-11-10-23-28(3,4)25(37)12-15-33(23)19-34(24,33)17-16-30(31,7)27(22)32(9)14-13-26(40-32)29(5,6)39-21(2)36;1-24(2)19-8-9-20-27(6)16-18(31)23(28(7)12-11-22(34-28)25(3,4)33)26(27,5)14-15-30(20)17-29(19,30)13-10-21(24)32/h12,15,22-24,26-27H,10-11,13-14,16-19H2,1-9H3;10,13,18-20,22-23,31,33H,8-9,11-12,14-17H2,1-7H3/t22-,23?,24?,26+,27?,30+,31-,32-,33+,34-;18-,19?,20?,22+,23?,26+,27-,28-,29+,30-/m00/s1. The first-order chi connectivity index (χ1) is 34.0. The first-order valence-corrected chi connectivity index (χ1v) is 29.6. The van der Waals surface area contributed by atoms with Crippen molar-refractivity contribution in [1.29, 1.82) is 0 Å². The van der Waals surface area contributed by atoms with Crippen LogP contribution in [-0.2, 0) is 38.1 Å². The molecule has 0 aromatic heterocycles. The number of carbonyl (C=O) groups is 4. The van der Waals surface area contributed by atoms with Gasteiger partial charge in [-0.05, 0) is 223 Å². The molecule has 2 N–H and O–H groups in total. The molecular formula is C64H96O10. The molecule has 6 unspecified atom stereocenters. The van der Waals surface area contributed by atoms with Gasteiger partial charge in [0, 0.05) is 36.5 Å². The molecule has 412 valence electrons. The van der Waals surface area contributed by atoms with E-state index in [0.717, 1.165) is 77.0 Å². The molecule has 0 aromatic carbocycles. The molecule has 12 aliphatic rings. The number of carbonyl (C=O) groups excluding carboxylic acids is 4. The number of aliphatic hydroxyl groups excluding tert-OH is 1. The Morgan fingerprint density at radius 1 is 0.568 bits per heavy atom. The zero-order valence-electron chi connectivity index (χ0n) is 48.6. The third-order valence-corrected chi connectivity index (χ3v) is 26.9. The van der Waals surface area contributed by atoms with Gasteiger partial charge in [0.05, 0.1) is 35.1 Å². The lowest BCUT2D eigenvalue weighted by molar-refractivity contribution is -0.203. The second-order valence-corrected chi connectivity index (χ2v) is 31.5. The van der Waals surface area contributed by atoms with Crippen molar-refractivity contribution in [3.63, 3.8) is 0 Å². The minimum Gasteiger partial charge on any atom is -0.462 e. The quantitative estimate of drug-likeness (QED) is 0.247. The zero-order chi connectivity index (χ0) is 54.1. The predicted octanol–water partition coefficient (Wildman–Crippen LogP) is 12.0. The van der Waals surface area contributed by atoms with Crippen LogP contribution in [0, 0.1) is 89.7 Å². The molecule has 2 heterocycles. The molecule has 0 aromatic rings. The highest BCUT2D eigenvalue weighted by Crippen LogP contribution is 2.90. The summed E-state index contributed by atoms with van der Waals surface area (Å²) in [6, 6.07) is 0. The molecule has 0 radical (unpaired) electrons. The molecule has 10 heteroatoms. The number of allylic oxidation sites excluding steroid dienone is 4. The average Bonchev–Trinajstić information content (AvgIpc) is 3.87. The maximum atomic E-state index is 12.9. The largest absolute Gasteiger partial charge is 0.462 e. The zero-order valence-corrected chi connectivity index (χ0v) is 48.6. The Labute approximate surface area is 444 Å². The number of fused-ring (bicyclic) bond motifs is 4. The van der Waals surface area contributed by atoms with E-state index >= 15 is 0 Å². The topological polar surface area (TPSA) is 146 Å². The molecule has 4 spiro atoms. The number of esters is 2. The highest BCUT2D eigenvalue weighted by Gasteiger charge is 2.85. The summed E-state index contributed by atoms with van der Waals surface area (Å²) >= 11 is 0. The summed E-state index contributed by atoms with van der Waals surface area (Å²) in [5.74, 6) is 2.16. The van der Waals surface area contributed by atoms with Gasteiger partial charge in [-0.1, -0.05) is 67.5 Å². The first-order valence-electron chi connectivity index (χ1n) is 29.6. The Morgan fingerprint density at radius 2 is 1.00 bits per heavy atom. The summed E-state index contributed by atoms with van der Waals surface area (Å²) in [7, 11) is 0. The molecule has 20 atom stereocenters. The molecular weight excluding hydrogens is 929 g/mol. The van der Waals surface area contributed by atoms with Gasteiger partial charge in [-0.3, -0.25) is 19.2 Å². The summed E-state index contributed by atoms with van der Waals surface area (Å²) in [6.07, 6.45) is 24.0. The van der Waals surface area contributed by atoms with E-state index in [-0.39, 0.29) is 103 Å². The van der Waals surface area contributed by atoms with Gasteiger partial charge < -0.3 is 29.2 Å². The van der Waals surface area contributed by atoms with Crippen LogP contribution in [0.25, 0.3) is 0 Å². The molecule has 2 saturated heterocycles. The second-order valence-electron chi connectivity index (χ2n) is 31.5. The van der Waals surface area contributed by atoms with Crippen molar-refractivity contribution in [1.82, 2.24) is 0 Å². The monoisotopic (exact) mass is 1020 g/mol. The van der Waals surface area contributed by atoms with E-state index in [1.54, 1.807) is 0 Å². The van der Waals surface area contributed by atoms with Gasteiger partial charge in [-0.2, -0.15) is 0 Å². The summed E-state index contributed by atoms with van der Waals surface area (Å²) in [6.45, 7) is 33.6. The van der Waals surface area contributed by atoms with Crippen LogP contribution in [0.1, 0.15) is 214 Å². The number of aliphatic hydroxyl groups is 2. The van der Waals surface area contributed by atoms with Gasteiger partial charge >= 0.3 is 11.9 Å². The van der Waals surface area contributed by atoms with Crippen LogP contribution in [0.3, 0.4) is 0 Å². The highest BCUT2D eigenvalue weighted by molar-refractivity contribution is 5.96. The van der Waals surface area contributed by atoms with E-state index in [1.807, 2.05) is 39.8 Å². The number of rotatable bonds is 6. The molecule has 12 rings (SSSR count). The van der Waals surface area contributed by atoms with E-state index in [9.17, 15) is 29.4 Å². The Balaban J connectivity index is 0.000000161. The van der Waals surface area contributed by atoms with Gasteiger partial charge in [0.25, 0.3) is 0 Å². The van der Waals surface area contributed by atoms with Gasteiger partial charge in [0.2, 0.25) is 0 Å². The minimum absolute atomic E-state index is 0.00586. The van der Waals surface area contributed by atoms with Crippen molar-refractivity contribution in [2.45, 2.75) is 260 Å². The second kappa shape index (κ2) is 15.7. The third kappa shape index (κ3) is 6.61. The Hall–Kier alpha value is -2.40. The molecule has 74 heavy (non-hydrogen) atoms. The van der Waals surface area contributed by atoms with Crippen LogP contribution in [0.2, 0.25) is 0 Å². The average molecular weight is 1030 g/mol. The third-order valence-electron chi connectivity index (χ3n) is 26.9. The molecule has 0 amide bonds. The Bertz CT molecular complexity index is 2480. The molecule has 10 aliphatic carbocycles. The van der Waals surface area contributed by atoms with Crippen LogP contribution >= 0.6 is 0 Å². The van der Waals surface area contributed by atoms with Crippen LogP contribution in [0.4, 0.5) is 0 Å². The molecule has 10 fully saturated rings. The maximum Gasteiger partial charge on any atom is 0.303 e. The summed E-state index contributed by atoms with van der Waals surface area (Å²) in [4.78, 5) is 50.1. The van der Waals surface area contributed by atoms with E-state index in [2.05, 4.69) is 81.4 Å². The molecule has 2 aliphatic heterocycles. The lowest BCUT2D eigenvalue weighted by Crippen LogP contribution is -2.58. The van der Waals surface area contributed by atoms with Gasteiger partial charge in [0.15, 0.2) is 11.6 Å². The van der Waals surface area contributed by atoms with Crippen LogP contribution in [0.5, 0.6) is 0 Å². The van der Waals surface area contributed by atoms with E-state index < -0.39 is 22.4 Å². The Kier molecular flexibility index (Phi) is 11.4. The van der Waals surface area contributed by atoms with Crippen molar-refractivity contribution in [2.75, 3.05) is 0 Å². The fourth-order valence-electron chi connectivity index (χ4n) is 23.4. The van der Waals surface area contributed by atoms with Gasteiger partial charge in [0.1, 0.15) is 11.7 Å². The smallest absolute Gasteiger partial charge is 0.303 e. The van der Waals surface area contributed by atoms with Crippen molar-refractivity contribution in [2.24, 2.45) is 89.7 Å². The van der Waals surface area contributed by atoms with Crippen molar-refractivity contribution < 1.29 is 48.3 Å². The lowest BCUT2D eigenvalue weighted by atomic mass is 9.42. The van der Waals surface area contributed by atoms with E-state index in [1.165, 1.54) is 39.5 Å². The van der Waals surface area contributed by atoms with Crippen LogP contribution in [-0.4, -0.2) is 80.5 Å². The molecule has 10 nitrogen and oxygen atoms in total. The van der Waals surface area contributed by atoms with Crippen molar-refractivity contribution in [3.8, 4) is 0 Å². The molecule has 0 bridgehead atoms. The van der Waals surface area contributed by atoms with Crippen LogP contribution in [0.15, 0.2) is 24.3 Å². The minimum atomic E-state index is -0.863. The number of hydrogen-bond donors (Lipinski definition) is 2. The predicted molar refractivity (Wildman–Crippen MR) is 283 cm³/mol. The van der Waals surface area contributed by atoms with E-state index in [0.29, 0.717) is 34.9 Å². The van der Waals surface area contributed by atoms with Crippen molar-refractivity contribution in [3.05, 3.63) is 24.3 Å². The summed E-state index contributed by atoms with van der Waals surface area (Å²) < 4.78 is 25.5. The summed E-state index contributed by atoms with van der Waals surface area (Å²) in [5, 5.41) is 22.4. The van der Waals surface area contributed by atoms with E-state index in [4.69, 9.17) is 18.9 Å². The highest BCUT2D eigenvalue weighted by atomic mass is 16.6. The van der Waals surface area contributed by atoms with Crippen LogP contribution < -0.4 is 0 Å². The maximum absolute atomic E-state index is 12.9.